The second-order valence-corrected chi connectivity index (χ2v) is 7.82. The zero-order chi connectivity index (χ0) is 15.5. The molecule has 1 fully saturated rings. The first-order chi connectivity index (χ1) is 10.0. The van der Waals surface area contributed by atoms with Gasteiger partial charge in [0, 0.05) is 18.0 Å². The molecule has 0 saturated carbocycles. The lowest BCUT2D eigenvalue weighted by Crippen LogP contribution is -2.43. The van der Waals surface area contributed by atoms with Crippen molar-refractivity contribution in [3.05, 3.63) is 29.8 Å². The van der Waals surface area contributed by atoms with E-state index in [1.165, 1.54) is 0 Å². The molecule has 5 nitrogen and oxygen atoms in total. The molecule has 3 atom stereocenters. The molecule has 0 aliphatic carbocycles. The molecule has 3 N–H and O–H groups in total. The SMILES string of the molecule is COc1ccccc1C(CN)C(O)C1CCCCS1(=O)=O. The van der Waals surface area contributed by atoms with Crippen molar-refractivity contribution >= 4 is 9.84 Å². The maximum Gasteiger partial charge on any atom is 0.155 e. The predicted molar refractivity (Wildman–Crippen MR) is 82.2 cm³/mol. The van der Waals surface area contributed by atoms with Gasteiger partial charge in [-0.3, -0.25) is 0 Å². The molecular formula is C15H23NO4S. The molecule has 1 aliphatic rings. The Labute approximate surface area is 126 Å². The van der Waals surface area contributed by atoms with Gasteiger partial charge in [-0.15, -0.1) is 0 Å². The van der Waals surface area contributed by atoms with Crippen molar-refractivity contribution in [1.29, 1.82) is 0 Å². The maximum atomic E-state index is 12.2. The van der Waals surface area contributed by atoms with E-state index in [2.05, 4.69) is 0 Å². The van der Waals surface area contributed by atoms with Crippen LogP contribution in [0.15, 0.2) is 24.3 Å². The summed E-state index contributed by atoms with van der Waals surface area (Å²) in [6.45, 7) is 0.174. The summed E-state index contributed by atoms with van der Waals surface area (Å²) in [4.78, 5) is 0. The highest BCUT2D eigenvalue weighted by atomic mass is 32.2. The Morgan fingerprint density at radius 3 is 2.71 bits per heavy atom. The first kappa shape index (κ1) is 16.3. The largest absolute Gasteiger partial charge is 0.496 e. The van der Waals surface area contributed by atoms with E-state index in [1.807, 2.05) is 18.2 Å². The molecule has 1 saturated heterocycles. The zero-order valence-electron chi connectivity index (χ0n) is 12.2. The third-order valence-electron chi connectivity index (χ3n) is 4.21. The summed E-state index contributed by atoms with van der Waals surface area (Å²) in [5.74, 6) is 0.331. The number of ether oxygens (including phenoxy) is 1. The van der Waals surface area contributed by atoms with E-state index in [0.29, 0.717) is 18.6 Å². The molecule has 0 aromatic heterocycles. The van der Waals surface area contributed by atoms with E-state index in [-0.39, 0.29) is 12.3 Å². The molecule has 21 heavy (non-hydrogen) atoms. The van der Waals surface area contributed by atoms with Crippen molar-refractivity contribution < 1.29 is 18.3 Å². The minimum atomic E-state index is -3.25. The average Bonchev–Trinajstić information content (AvgIpc) is 2.48. The number of aliphatic hydroxyl groups is 1. The monoisotopic (exact) mass is 313 g/mol. The summed E-state index contributed by atoms with van der Waals surface area (Å²) in [5, 5.41) is 9.90. The van der Waals surface area contributed by atoms with Crippen LogP contribution in [0.25, 0.3) is 0 Å². The Morgan fingerprint density at radius 2 is 2.10 bits per heavy atom. The summed E-state index contributed by atoms with van der Waals surface area (Å²) >= 11 is 0. The van der Waals surface area contributed by atoms with Gasteiger partial charge in [0.25, 0.3) is 0 Å². The van der Waals surface area contributed by atoms with Gasteiger partial charge in [-0.05, 0) is 18.9 Å². The molecule has 118 valence electrons. The first-order valence-corrected chi connectivity index (χ1v) is 8.95. The number of sulfone groups is 1. The number of hydrogen-bond acceptors (Lipinski definition) is 5. The van der Waals surface area contributed by atoms with Gasteiger partial charge >= 0.3 is 0 Å². The second-order valence-electron chi connectivity index (χ2n) is 5.48. The van der Waals surface area contributed by atoms with Gasteiger partial charge in [0.05, 0.1) is 24.2 Å². The molecule has 2 rings (SSSR count). The lowest BCUT2D eigenvalue weighted by molar-refractivity contribution is 0.132. The van der Waals surface area contributed by atoms with Gasteiger partial charge < -0.3 is 15.6 Å². The lowest BCUT2D eigenvalue weighted by atomic mass is 9.89. The molecule has 0 amide bonds. The van der Waals surface area contributed by atoms with Crippen LogP contribution < -0.4 is 10.5 Å². The Kier molecular flexibility index (Phi) is 5.24. The van der Waals surface area contributed by atoms with Crippen molar-refractivity contribution in [2.75, 3.05) is 19.4 Å². The quantitative estimate of drug-likeness (QED) is 0.848. The van der Waals surface area contributed by atoms with Gasteiger partial charge in [-0.1, -0.05) is 24.6 Å². The Bertz CT molecular complexity index is 573. The molecule has 1 aliphatic heterocycles. The topological polar surface area (TPSA) is 89.6 Å². The summed E-state index contributed by atoms with van der Waals surface area (Å²) in [7, 11) is -1.70. The smallest absolute Gasteiger partial charge is 0.155 e. The second kappa shape index (κ2) is 6.77. The lowest BCUT2D eigenvalue weighted by Gasteiger charge is -2.32. The molecule has 0 spiro atoms. The van der Waals surface area contributed by atoms with Gasteiger partial charge in [0.15, 0.2) is 9.84 Å². The highest BCUT2D eigenvalue weighted by molar-refractivity contribution is 7.92. The summed E-state index contributed by atoms with van der Waals surface area (Å²) in [5.41, 5.74) is 6.57. The van der Waals surface area contributed by atoms with Gasteiger partial charge in [-0.2, -0.15) is 0 Å². The van der Waals surface area contributed by atoms with Crippen LogP contribution in [0.2, 0.25) is 0 Å². The molecule has 1 heterocycles. The normalized spacial score (nSPS) is 24.2. The van der Waals surface area contributed by atoms with Crippen LogP contribution in [0.5, 0.6) is 5.75 Å². The van der Waals surface area contributed by atoms with Crippen LogP contribution >= 0.6 is 0 Å². The highest BCUT2D eigenvalue weighted by Gasteiger charge is 2.39. The van der Waals surface area contributed by atoms with E-state index in [0.717, 1.165) is 12.0 Å². The minimum absolute atomic E-state index is 0.151. The predicted octanol–water partition coefficient (Wildman–Crippen LogP) is 1.07. The fraction of sp³-hybridized carbons (Fsp3) is 0.600. The van der Waals surface area contributed by atoms with Crippen LogP contribution in [0.4, 0.5) is 0 Å². The average molecular weight is 313 g/mol. The van der Waals surface area contributed by atoms with Crippen LogP contribution in [0.3, 0.4) is 0 Å². The van der Waals surface area contributed by atoms with Crippen LogP contribution in [0.1, 0.15) is 30.7 Å². The van der Waals surface area contributed by atoms with Crippen LogP contribution in [-0.2, 0) is 9.84 Å². The highest BCUT2D eigenvalue weighted by Crippen LogP contribution is 2.34. The third-order valence-corrected chi connectivity index (χ3v) is 6.51. The van der Waals surface area contributed by atoms with E-state index in [9.17, 15) is 13.5 Å². The Morgan fingerprint density at radius 1 is 1.38 bits per heavy atom. The molecule has 3 unspecified atom stereocenters. The van der Waals surface area contributed by atoms with Crippen molar-refractivity contribution in [2.45, 2.75) is 36.5 Å². The number of para-hydroxylation sites is 1. The number of nitrogens with two attached hydrogens (primary N) is 1. The van der Waals surface area contributed by atoms with Gasteiger partial charge in [-0.25, -0.2) is 8.42 Å². The fourth-order valence-corrected chi connectivity index (χ4v) is 5.09. The number of benzene rings is 1. The Hall–Kier alpha value is -1.11. The van der Waals surface area contributed by atoms with E-state index >= 15 is 0 Å². The maximum absolute atomic E-state index is 12.2. The zero-order valence-corrected chi connectivity index (χ0v) is 13.1. The standard InChI is InChI=1S/C15H23NO4S/c1-20-13-7-3-2-6-11(13)12(10-16)15(17)14-8-4-5-9-21(14,18)19/h2-3,6-7,12,14-15,17H,4-5,8-10,16H2,1H3. The number of aliphatic hydroxyl groups excluding tert-OH is 1. The molecule has 1 aromatic carbocycles. The molecule has 1 aromatic rings. The fourth-order valence-electron chi connectivity index (χ4n) is 3.05. The van der Waals surface area contributed by atoms with E-state index in [4.69, 9.17) is 10.5 Å². The van der Waals surface area contributed by atoms with Crippen LogP contribution in [0, 0.1) is 0 Å². The van der Waals surface area contributed by atoms with Crippen LogP contribution in [-0.4, -0.2) is 44.3 Å². The van der Waals surface area contributed by atoms with Gasteiger partial charge in [0.2, 0.25) is 0 Å². The van der Waals surface area contributed by atoms with Crippen molar-refractivity contribution in [2.24, 2.45) is 5.73 Å². The van der Waals surface area contributed by atoms with Crippen molar-refractivity contribution in [1.82, 2.24) is 0 Å². The van der Waals surface area contributed by atoms with E-state index < -0.39 is 27.1 Å². The number of hydrogen-bond donors (Lipinski definition) is 2. The summed E-state index contributed by atoms with van der Waals surface area (Å²) in [6.07, 6.45) is 0.990. The number of methoxy groups -OCH3 is 1. The summed E-state index contributed by atoms with van der Waals surface area (Å²) in [6, 6.07) is 7.29. The third kappa shape index (κ3) is 3.39. The molecular weight excluding hydrogens is 290 g/mol. The van der Waals surface area contributed by atoms with Gasteiger partial charge in [0.1, 0.15) is 5.75 Å². The molecule has 6 heteroatoms. The van der Waals surface area contributed by atoms with Crippen molar-refractivity contribution in [3.63, 3.8) is 0 Å². The summed E-state index contributed by atoms with van der Waals surface area (Å²) < 4.78 is 29.7. The first-order valence-electron chi connectivity index (χ1n) is 7.24. The Balaban J connectivity index is 2.32. The van der Waals surface area contributed by atoms with Crippen molar-refractivity contribution in [3.8, 4) is 5.75 Å². The van der Waals surface area contributed by atoms with E-state index in [1.54, 1.807) is 13.2 Å². The molecule has 0 bridgehead atoms. The number of rotatable bonds is 5. The molecule has 0 radical (unpaired) electrons. The minimum Gasteiger partial charge on any atom is -0.496 e.